The highest BCUT2D eigenvalue weighted by atomic mass is 29.7. The molecule has 6 heteroatoms. The quantitative estimate of drug-likeness (QED) is 0.788. The van der Waals surface area contributed by atoms with E-state index in [0.29, 0.717) is 0 Å². The van der Waals surface area contributed by atoms with E-state index in [0.717, 1.165) is 6.61 Å². The Bertz CT molecular complexity index is 462. The van der Waals surface area contributed by atoms with Gasteiger partial charge < -0.3 is 8.54 Å². The van der Waals surface area contributed by atoms with Crippen LogP contribution in [0.4, 0.5) is 0 Å². The minimum Gasteiger partial charge on any atom is -0.438 e. The molecule has 0 saturated carbocycles. The minimum atomic E-state index is -2.22. The molecule has 1 atom stereocenters. The van der Waals surface area contributed by atoms with Gasteiger partial charge in [-0.3, -0.25) is 0 Å². The Balaban J connectivity index is 2.57. The lowest BCUT2D eigenvalue weighted by molar-refractivity contribution is 0.278. The summed E-state index contributed by atoms with van der Waals surface area (Å²) in [6, 6.07) is 12.2. The van der Waals surface area contributed by atoms with E-state index in [1.54, 1.807) is 0 Å². The summed E-state index contributed by atoms with van der Waals surface area (Å²) in [5.41, 5.74) is 0. The molecule has 1 saturated heterocycles. The van der Waals surface area contributed by atoms with Gasteiger partial charge >= 0.3 is 8.08 Å². The summed E-state index contributed by atoms with van der Waals surface area (Å²) in [7, 11) is -6.11. The summed E-state index contributed by atoms with van der Waals surface area (Å²) in [6.45, 7) is 15.7. The fourth-order valence-electron chi connectivity index (χ4n) is 3.07. The molecule has 0 spiro atoms. The van der Waals surface area contributed by atoms with E-state index in [9.17, 15) is 0 Å². The summed E-state index contributed by atoms with van der Waals surface area (Å²) >= 11 is 0. The molecule has 1 heterocycles. The Hall–Kier alpha value is 0.00753. The maximum Gasteiger partial charge on any atom is 0.336 e. The van der Waals surface area contributed by atoms with E-state index < -0.39 is 31.8 Å². The van der Waals surface area contributed by atoms with Crippen molar-refractivity contribution in [3.8, 4) is 0 Å². The van der Waals surface area contributed by atoms with E-state index in [2.05, 4.69) is 69.6 Å². The summed E-state index contributed by atoms with van der Waals surface area (Å²) < 4.78 is 13.3. The lowest BCUT2D eigenvalue weighted by atomic mass is 10.4. The van der Waals surface area contributed by atoms with Gasteiger partial charge in [-0.05, 0) is 24.3 Å². The zero-order valence-corrected chi connectivity index (χ0v) is 17.8. The first-order valence-electron chi connectivity index (χ1n) is 7.60. The zero-order valence-electron chi connectivity index (χ0n) is 13.7. The molecule has 20 heavy (non-hydrogen) atoms. The second kappa shape index (κ2) is 5.66. The standard InChI is InChI=1S/C14H28O2Si4/c1-17(2)16-20(14-10-8-7-9-11-14)15-12-13-18(3,4)19(20,5)6/h7-11,17H,12-13H2,1-6H3. The Labute approximate surface area is 128 Å². The van der Waals surface area contributed by atoms with Crippen LogP contribution in [0.5, 0.6) is 0 Å². The third-order valence-electron chi connectivity index (χ3n) is 5.10. The summed E-state index contributed by atoms with van der Waals surface area (Å²) in [6.07, 6.45) is 0. The van der Waals surface area contributed by atoms with Crippen molar-refractivity contribution < 1.29 is 8.54 Å². The van der Waals surface area contributed by atoms with E-state index in [4.69, 9.17) is 8.54 Å². The molecule has 0 bridgehead atoms. The first kappa shape index (κ1) is 16.4. The van der Waals surface area contributed by atoms with Crippen LogP contribution in [-0.2, 0) is 8.54 Å². The number of hydrogen-bond acceptors (Lipinski definition) is 2. The van der Waals surface area contributed by atoms with Crippen LogP contribution in [0.1, 0.15) is 0 Å². The van der Waals surface area contributed by atoms with Crippen LogP contribution in [0.15, 0.2) is 30.3 Å². The Morgan fingerprint density at radius 1 is 1.05 bits per heavy atom. The van der Waals surface area contributed by atoms with Gasteiger partial charge in [0.05, 0.1) is 0 Å². The lowest BCUT2D eigenvalue weighted by Gasteiger charge is -2.54. The molecule has 0 radical (unpaired) electrons. The molecule has 0 N–H and O–H groups in total. The third-order valence-corrected chi connectivity index (χ3v) is 43.8. The van der Waals surface area contributed by atoms with Crippen molar-refractivity contribution in [1.82, 2.24) is 0 Å². The Morgan fingerprint density at radius 3 is 2.20 bits per heavy atom. The van der Waals surface area contributed by atoms with Gasteiger partial charge in [-0.25, -0.2) is 0 Å². The zero-order chi connectivity index (χ0) is 15.0. The molecular formula is C14H28O2Si4. The van der Waals surface area contributed by atoms with Crippen LogP contribution in [-0.4, -0.2) is 38.4 Å². The number of rotatable bonds is 3. The summed E-state index contributed by atoms with van der Waals surface area (Å²) in [5, 5.41) is 1.39. The van der Waals surface area contributed by atoms with E-state index >= 15 is 0 Å². The topological polar surface area (TPSA) is 18.5 Å². The average molecular weight is 341 g/mol. The summed E-state index contributed by atoms with van der Waals surface area (Å²) in [4.78, 5) is 0. The first-order chi connectivity index (χ1) is 9.23. The lowest BCUT2D eigenvalue weighted by Crippen LogP contribution is -2.83. The number of benzene rings is 1. The van der Waals surface area contributed by atoms with Gasteiger partial charge in [0.1, 0.15) is 7.11 Å². The Morgan fingerprint density at radius 2 is 1.65 bits per heavy atom. The maximum atomic E-state index is 6.77. The number of hydrogen-bond donors (Lipinski definition) is 0. The molecule has 1 fully saturated rings. The molecule has 0 amide bonds. The van der Waals surface area contributed by atoms with Crippen molar-refractivity contribution in [2.75, 3.05) is 6.61 Å². The fourth-order valence-corrected chi connectivity index (χ4v) is 38.7. The summed E-state index contributed by atoms with van der Waals surface area (Å²) in [5.74, 6) is 0. The fraction of sp³-hybridized carbons (Fsp3) is 0.571. The monoisotopic (exact) mass is 340 g/mol. The molecule has 1 unspecified atom stereocenters. The van der Waals surface area contributed by atoms with Crippen LogP contribution in [0.25, 0.3) is 0 Å². The molecule has 0 aromatic heterocycles. The second-order valence-electron chi connectivity index (χ2n) is 7.26. The predicted octanol–water partition coefficient (Wildman–Crippen LogP) is 2.94. The SMILES string of the molecule is C[SiH](C)O[Si]1(c2ccccc2)OCC[Si](C)(C)[Si]1(C)C. The second-order valence-corrected chi connectivity index (χ2v) is 34.9. The normalized spacial score (nSPS) is 28.6. The molecular weight excluding hydrogens is 312 g/mol. The molecule has 1 aliphatic heterocycles. The van der Waals surface area contributed by atoms with Crippen LogP contribution in [0, 0.1) is 0 Å². The maximum absolute atomic E-state index is 6.77. The van der Waals surface area contributed by atoms with Gasteiger partial charge in [0.15, 0.2) is 9.04 Å². The van der Waals surface area contributed by atoms with E-state index in [-0.39, 0.29) is 0 Å². The molecule has 1 aromatic rings. The smallest absolute Gasteiger partial charge is 0.336 e. The molecule has 2 rings (SSSR count). The van der Waals surface area contributed by atoms with Crippen molar-refractivity contribution >= 4 is 37.0 Å². The van der Waals surface area contributed by atoms with E-state index in [1.165, 1.54) is 11.2 Å². The third kappa shape index (κ3) is 2.57. The van der Waals surface area contributed by atoms with Gasteiger partial charge in [-0.2, -0.15) is 0 Å². The van der Waals surface area contributed by atoms with Crippen LogP contribution >= 0.6 is 0 Å². The Kier molecular flexibility index (Phi) is 4.63. The van der Waals surface area contributed by atoms with Crippen molar-refractivity contribution in [3.05, 3.63) is 30.3 Å². The van der Waals surface area contributed by atoms with Crippen molar-refractivity contribution in [1.29, 1.82) is 0 Å². The van der Waals surface area contributed by atoms with Gasteiger partial charge in [-0.15, -0.1) is 0 Å². The predicted molar refractivity (Wildman–Crippen MR) is 97.5 cm³/mol. The van der Waals surface area contributed by atoms with Gasteiger partial charge in [0.2, 0.25) is 0 Å². The van der Waals surface area contributed by atoms with E-state index in [1.807, 2.05) is 0 Å². The average Bonchev–Trinajstić information content (AvgIpc) is 2.36. The molecule has 0 aliphatic carbocycles. The molecule has 2 nitrogen and oxygen atoms in total. The molecule has 112 valence electrons. The molecule has 1 aliphatic rings. The largest absolute Gasteiger partial charge is 0.438 e. The highest BCUT2D eigenvalue weighted by Gasteiger charge is 2.64. The molecule has 1 aromatic carbocycles. The van der Waals surface area contributed by atoms with Gasteiger partial charge in [-0.1, -0.05) is 56.5 Å². The highest BCUT2D eigenvalue weighted by Crippen LogP contribution is 2.37. The van der Waals surface area contributed by atoms with Gasteiger partial charge in [0.25, 0.3) is 0 Å². The van der Waals surface area contributed by atoms with Gasteiger partial charge in [0, 0.05) is 14.2 Å². The van der Waals surface area contributed by atoms with Crippen LogP contribution in [0.2, 0.25) is 45.3 Å². The van der Waals surface area contributed by atoms with Crippen LogP contribution < -0.4 is 5.19 Å². The van der Waals surface area contributed by atoms with Crippen molar-refractivity contribution in [3.63, 3.8) is 0 Å². The van der Waals surface area contributed by atoms with Crippen molar-refractivity contribution in [2.45, 2.75) is 45.3 Å². The highest BCUT2D eigenvalue weighted by molar-refractivity contribution is 7.69. The van der Waals surface area contributed by atoms with Crippen molar-refractivity contribution in [2.24, 2.45) is 0 Å². The van der Waals surface area contributed by atoms with Crippen LogP contribution in [0.3, 0.4) is 0 Å². The first-order valence-corrected chi connectivity index (χ1v) is 20.4. The minimum absolute atomic E-state index is 0.915.